The summed E-state index contributed by atoms with van der Waals surface area (Å²) in [5.74, 6) is 0.807. The Morgan fingerprint density at radius 1 is 1.39 bits per heavy atom. The molecule has 1 amide bonds. The topological polar surface area (TPSA) is 84.7 Å². The second-order valence-corrected chi connectivity index (χ2v) is 6.00. The Kier molecular flexibility index (Phi) is 4.82. The molecule has 0 fully saturated rings. The summed E-state index contributed by atoms with van der Waals surface area (Å²) in [6.07, 6.45) is 3.77. The van der Waals surface area contributed by atoms with E-state index in [0.29, 0.717) is 19.5 Å². The van der Waals surface area contributed by atoms with E-state index in [2.05, 4.69) is 37.1 Å². The molecule has 0 atom stereocenters. The fourth-order valence-corrected chi connectivity index (χ4v) is 2.85. The van der Waals surface area contributed by atoms with Crippen molar-refractivity contribution in [1.82, 2.24) is 25.1 Å². The Morgan fingerprint density at radius 2 is 2.30 bits per heavy atom. The summed E-state index contributed by atoms with van der Waals surface area (Å²) in [5, 5.41) is 13.4. The minimum absolute atomic E-state index is 0.0365. The highest BCUT2D eigenvalue weighted by molar-refractivity contribution is 7.09. The van der Waals surface area contributed by atoms with E-state index < -0.39 is 0 Å². The van der Waals surface area contributed by atoms with Crippen molar-refractivity contribution in [3.8, 4) is 0 Å². The number of carbonyl (C=O) groups is 1. The van der Waals surface area contributed by atoms with Crippen LogP contribution in [0.5, 0.6) is 0 Å². The summed E-state index contributed by atoms with van der Waals surface area (Å²) >= 11 is 1.70. The van der Waals surface area contributed by atoms with Crippen molar-refractivity contribution in [2.24, 2.45) is 0 Å². The number of rotatable bonds is 7. The molecule has 8 heteroatoms. The fourth-order valence-electron chi connectivity index (χ4n) is 2.21. The molecule has 0 unspecified atom stereocenters. The van der Waals surface area contributed by atoms with Gasteiger partial charge in [0.05, 0.1) is 24.7 Å². The monoisotopic (exact) mass is 330 g/mol. The van der Waals surface area contributed by atoms with E-state index >= 15 is 0 Å². The molecule has 0 bridgehead atoms. The van der Waals surface area contributed by atoms with Crippen molar-refractivity contribution in [2.45, 2.75) is 26.4 Å². The van der Waals surface area contributed by atoms with Crippen molar-refractivity contribution in [1.29, 1.82) is 0 Å². The molecule has 3 aromatic rings. The number of aromatic nitrogens is 4. The number of anilines is 1. The van der Waals surface area contributed by atoms with E-state index in [-0.39, 0.29) is 5.91 Å². The zero-order chi connectivity index (χ0) is 16.1. The van der Waals surface area contributed by atoms with Gasteiger partial charge in [0.25, 0.3) is 0 Å². The first-order valence-corrected chi connectivity index (χ1v) is 8.35. The van der Waals surface area contributed by atoms with Crippen LogP contribution in [0.1, 0.15) is 18.2 Å². The SMILES string of the molecule is CCC(=O)NCCn1ncc2c(NCc3cccs3)ncnc21. The lowest BCUT2D eigenvalue weighted by Gasteiger charge is -2.06. The number of amides is 1. The highest BCUT2D eigenvalue weighted by Crippen LogP contribution is 2.20. The molecule has 0 radical (unpaired) electrons. The van der Waals surface area contributed by atoms with Gasteiger partial charge in [-0.1, -0.05) is 13.0 Å². The predicted molar refractivity (Wildman–Crippen MR) is 90.3 cm³/mol. The molecule has 0 aliphatic carbocycles. The van der Waals surface area contributed by atoms with Crippen molar-refractivity contribution < 1.29 is 4.79 Å². The minimum atomic E-state index is 0.0365. The van der Waals surface area contributed by atoms with E-state index in [0.717, 1.165) is 23.4 Å². The third kappa shape index (κ3) is 3.65. The zero-order valence-corrected chi connectivity index (χ0v) is 13.6. The van der Waals surface area contributed by atoms with Crippen LogP contribution in [-0.2, 0) is 17.9 Å². The third-order valence-corrected chi connectivity index (χ3v) is 4.29. The molecule has 0 aliphatic heterocycles. The molecule has 3 rings (SSSR count). The van der Waals surface area contributed by atoms with Gasteiger partial charge in [-0.3, -0.25) is 4.79 Å². The smallest absolute Gasteiger partial charge is 0.219 e. The van der Waals surface area contributed by atoms with Crippen LogP contribution in [0, 0.1) is 0 Å². The first kappa shape index (κ1) is 15.4. The molecular weight excluding hydrogens is 312 g/mol. The Bertz CT molecular complexity index is 782. The van der Waals surface area contributed by atoms with Gasteiger partial charge in [0.1, 0.15) is 12.1 Å². The lowest BCUT2D eigenvalue weighted by molar-refractivity contribution is -0.120. The molecule has 0 spiro atoms. The average molecular weight is 330 g/mol. The zero-order valence-electron chi connectivity index (χ0n) is 12.8. The number of fused-ring (bicyclic) bond motifs is 1. The van der Waals surface area contributed by atoms with Gasteiger partial charge in [-0.15, -0.1) is 11.3 Å². The van der Waals surface area contributed by atoms with Crippen LogP contribution in [0.15, 0.2) is 30.0 Å². The van der Waals surface area contributed by atoms with Crippen LogP contribution in [0.25, 0.3) is 11.0 Å². The number of hydrogen-bond donors (Lipinski definition) is 2. The summed E-state index contributed by atoms with van der Waals surface area (Å²) in [6.45, 7) is 3.67. The Balaban J connectivity index is 1.70. The molecule has 0 aliphatic rings. The molecule has 0 aromatic carbocycles. The lowest BCUT2D eigenvalue weighted by Crippen LogP contribution is -2.26. The average Bonchev–Trinajstić information content (AvgIpc) is 3.23. The number of thiophene rings is 1. The van der Waals surface area contributed by atoms with Crippen molar-refractivity contribution >= 4 is 34.1 Å². The van der Waals surface area contributed by atoms with Crippen molar-refractivity contribution in [2.75, 3.05) is 11.9 Å². The van der Waals surface area contributed by atoms with Crippen molar-refractivity contribution in [3.63, 3.8) is 0 Å². The van der Waals surface area contributed by atoms with Gasteiger partial charge in [0, 0.05) is 17.8 Å². The summed E-state index contributed by atoms with van der Waals surface area (Å²) < 4.78 is 1.78. The Labute approximate surface area is 137 Å². The van der Waals surface area contributed by atoms with Gasteiger partial charge in [-0.05, 0) is 11.4 Å². The fraction of sp³-hybridized carbons (Fsp3) is 0.333. The maximum atomic E-state index is 11.3. The molecular formula is C15H18N6OS. The summed E-state index contributed by atoms with van der Waals surface area (Å²) in [6, 6.07) is 4.11. The number of carbonyl (C=O) groups excluding carboxylic acids is 1. The molecule has 0 saturated heterocycles. The maximum Gasteiger partial charge on any atom is 0.219 e. The van der Waals surface area contributed by atoms with Crippen LogP contribution < -0.4 is 10.6 Å². The van der Waals surface area contributed by atoms with Crippen LogP contribution >= 0.6 is 11.3 Å². The molecule has 3 heterocycles. The highest BCUT2D eigenvalue weighted by atomic mass is 32.1. The largest absolute Gasteiger partial charge is 0.364 e. The first-order chi connectivity index (χ1) is 11.3. The third-order valence-electron chi connectivity index (χ3n) is 3.41. The number of hydrogen-bond acceptors (Lipinski definition) is 6. The Hall–Kier alpha value is -2.48. The molecule has 120 valence electrons. The van der Waals surface area contributed by atoms with Crippen LogP contribution in [-0.4, -0.2) is 32.2 Å². The second kappa shape index (κ2) is 7.19. The minimum Gasteiger partial charge on any atom is -0.364 e. The predicted octanol–water partition coefficient (Wildman–Crippen LogP) is 2.03. The van der Waals surface area contributed by atoms with E-state index in [1.165, 1.54) is 11.2 Å². The molecule has 2 N–H and O–H groups in total. The Morgan fingerprint density at radius 3 is 3.09 bits per heavy atom. The van der Waals surface area contributed by atoms with Gasteiger partial charge in [-0.25, -0.2) is 14.6 Å². The molecule has 23 heavy (non-hydrogen) atoms. The molecule has 3 aromatic heterocycles. The van der Waals surface area contributed by atoms with Gasteiger partial charge in [0.2, 0.25) is 5.91 Å². The summed E-state index contributed by atoms with van der Waals surface area (Å²) in [4.78, 5) is 21.1. The quantitative estimate of drug-likeness (QED) is 0.692. The molecule has 0 saturated carbocycles. The standard InChI is InChI=1S/C15H18N6OS/c1-2-13(22)16-5-6-21-15-12(9-20-21)14(18-10-19-15)17-8-11-4-3-7-23-11/h3-4,7,9-10H,2,5-6,8H2,1H3,(H,16,22)(H,17,18,19). The number of nitrogens with one attached hydrogen (secondary N) is 2. The summed E-state index contributed by atoms with van der Waals surface area (Å²) in [5.41, 5.74) is 0.763. The van der Waals surface area contributed by atoms with Gasteiger partial charge >= 0.3 is 0 Å². The van der Waals surface area contributed by atoms with Crippen LogP contribution in [0.4, 0.5) is 5.82 Å². The van der Waals surface area contributed by atoms with E-state index in [1.54, 1.807) is 22.2 Å². The van der Waals surface area contributed by atoms with E-state index in [1.807, 2.05) is 13.0 Å². The number of nitrogens with zero attached hydrogens (tertiary/aromatic N) is 4. The van der Waals surface area contributed by atoms with Gasteiger partial charge in [0.15, 0.2) is 5.65 Å². The van der Waals surface area contributed by atoms with Crippen molar-refractivity contribution in [3.05, 3.63) is 34.9 Å². The highest BCUT2D eigenvalue weighted by Gasteiger charge is 2.09. The van der Waals surface area contributed by atoms with E-state index in [9.17, 15) is 4.79 Å². The van der Waals surface area contributed by atoms with Crippen LogP contribution in [0.3, 0.4) is 0 Å². The normalized spacial score (nSPS) is 10.8. The van der Waals surface area contributed by atoms with Gasteiger partial charge < -0.3 is 10.6 Å². The van der Waals surface area contributed by atoms with Crippen LogP contribution in [0.2, 0.25) is 0 Å². The van der Waals surface area contributed by atoms with Gasteiger partial charge in [-0.2, -0.15) is 5.10 Å². The maximum absolute atomic E-state index is 11.3. The summed E-state index contributed by atoms with van der Waals surface area (Å²) in [7, 11) is 0. The molecule has 7 nitrogen and oxygen atoms in total. The second-order valence-electron chi connectivity index (χ2n) is 4.96. The van der Waals surface area contributed by atoms with E-state index in [4.69, 9.17) is 0 Å². The first-order valence-electron chi connectivity index (χ1n) is 7.47. The lowest BCUT2D eigenvalue weighted by atomic mass is 10.3.